The van der Waals surface area contributed by atoms with E-state index in [-0.39, 0.29) is 19.3 Å². The Morgan fingerprint density at radius 1 is 1.23 bits per heavy atom. The molecule has 2 radical (unpaired) electrons. The second-order valence-corrected chi connectivity index (χ2v) is 2.64. The van der Waals surface area contributed by atoms with E-state index in [4.69, 9.17) is 0 Å². The standard InChI is InChI=1S/C8H7NO4/c10-4-3-6(5-11)9-7(12)1-2-8(9)13/h6H,1-3H2. The fraction of sp³-hybridized carbons (Fsp3) is 0.500. The van der Waals surface area contributed by atoms with Crippen LogP contribution in [0.25, 0.3) is 0 Å². The number of carbonyl (C=O) groups excluding carboxylic acids is 4. The Morgan fingerprint density at radius 3 is 2.15 bits per heavy atom. The second-order valence-electron chi connectivity index (χ2n) is 2.64. The van der Waals surface area contributed by atoms with Crippen molar-refractivity contribution in [2.75, 3.05) is 0 Å². The number of hydrogen-bond donors (Lipinski definition) is 0. The molecule has 0 spiro atoms. The third kappa shape index (κ3) is 1.80. The molecule has 5 nitrogen and oxygen atoms in total. The summed E-state index contributed by atoms with van der Waals surface area (Å²) in [6, 6.07) is -1.08. The van der Waals surface area contributed by atoms with E-state index < -0.39 is 17.9 Å². The van der Waals surface area contributed by atoms with Gasteiger partial charge in [0, 0.05) is 19.3 Å². The van der Waals surface area contributed by atoms with Crippen molar-refractivity contribution in [2.24, 2.45) is 0 Å². The summed E-state index contributed by atoms with van der Waals surface area (Å²) in [6.45, 7) is 0. The van der Waals surface area contributed by atoms with Gasteiger partial charge in [-0.05, 0) is 0 Å². The van der Waals surface area contributed by atoms with Crippen LogP contribution in [0.2, 0.25) is 0 Å². The molecule has 1 aliphatic heterocycles. The van der Waals surface area contributed by atoms with Crippen molar-refractivity contribution in [1.29, 1.82) is 0 Å². The van der Waals surface area contributed by atoms with E-state index in [0.717, 1.165) is 4.90 Å². The van der Waals surface area contributed by atoms with Gasteiger partial charge < -0.3 is 0 Å². The Bertz CT molecular complexity index is 245. The molecule has 0 bridgehead atoms. The van der Waals surface area contributed by atoms with Gasteiger partial charge in [0.15, 0.2) is 0 Å². The molecule has 13 heavy (non-hydrogen) atoms. The van der Waals surface area contributed by atoms with Gasteiger partial charge in [0.05, 0.1) is 0 Å². The Kier molecular flexibility index (Phi) is 2.89. The fourth-order valence-electron chi connectivity index (χ4n) is 1.21. The van der Waals surface area contributed by atoms with Crippen LogP contribution in [-0.4, -0.2) is 35.3 Å². The molecule has 1 atom stereocenters. The lowest BCUT2D eigenvalue weighted by Gasteiger charge is -2.17. The predicted octanol–water partition coefficient (Wildman–Crippen LogP) is -0.887. The van der Waals surface area contributed by atoms with Gasteiger partial charge in [0.1, 0.15) is 6.04 Å². The minimum Gasteiger partial charge on any atom is -0.291 e. The van der Waals surface area contributed by atoms with Crippen molar-refractivity contribution in [3.05, 3.63) is 0 Å². The average Bonchev–Trinajstić information content (AvgIpc) is 2.43. The molecule has 0 aromatic carbocycles. The van der Waals surface area contributed by atoms with Gasteiger partial charge in [-0.25, -0.2) is 0 Å². The maximum atomic E-state index is 11.1. The number of hydrogen-bond acceptors (Lipinski definition) is 4. The van der Waals surface area contributed by atoms with E-state index in [2.05, 4.69) is 0 Å². The molecule has 1 rings (SSSR count). The molecule has 1 unspecified atom stereocenters. The summed E-state index contributed by atoms with van der Waals surface area (Å²) in [4.78, 5) is 43.2. The van der Waals surface area contributed by atoms with Crippen LogP contribution in [0, 0.1) is 0 Å². The molecular formula is C8H7NO4. The average molecular weight is 181 g/mol. The minimum atomic E-state index is -1.08. The number of likely N-dealkylation sites (tertiary alicyclic amines) is 1. The summed E-state index contributed by atoms with van der Waals surface area (Å²) in [6.07, 6.45) is 2.88. The van der Waals surface area contributed by atoms with Crippen LogP contribution in [-0.2, 0) is 19.2 Å². The highest BCUT2D eigenvalue weighted by atomic mass is 16.2. The SMILES string of the molecule is O=[C]CC([C]=O)N1C(=O)CCC1=O. The number of amides is 2. The van der Waals surface area contributed by atoms with Crippen LogP contribution in [0.3, 0.4) is 0 Å². The number of nitrogens with zero attached hydrogens (tertiary/aromatic N) is 1. The summed E-state index contributed by atoms with van der Waals surface area (Å²) >= 11 is 0. The van der Waals surface area contributed by atoms with Crippen molar-refractivity contribution in [3.63, 3.8) is 0 Å². The number of carbonyl (C=O) groups is 2. The Hall–Kier alpha value is -1.52. The van der Waals surface area contributed by atoms with Crippen LogP contribution < -0.4 is 0 Å². The van der Waals surface area contributed by atoms with Crippen LogP contribution in [0.4, 0.5) is 0 Å². The third-order valence-corrected chi connectivity index (χ3v) is 1.81. The summed E-state index contributed by atoms with van der Waals surface area (Å²) in [5.74, 6) is -0.845. The van der Waals surface area contributed by atoms with Crippen molar-refractivity contribution >= 4 is 24.4 Å². The van der Waals surface area contributed by atoms with Gasteiger partial charge >= 0.3 is 0 Å². The van der Waals surface area contributed by atoms with Gasteiger partial charge in [-0.3, -0.25) is 24.1 Å². The first kappa shape index (κ1) is 9.57. The first-order valence-corrected chi connectivity index (χ1v) is 3.78. The Labute approximate surface area is 74.7 Å². The Morgan fingerprint density at radius 2 is 1.77 bits per heavy atom. The summed E-state index contributed by atoms with van der Waals surface area (Å²) < 4.78 is 0. The molecule has 1 fully saturated rings. The lowest BCUT2D eigenvalue weighted by molar-refractivity contribution is -0.139. The van der Waals surface area contributed by atoms with Gasteiger partial charge in [-0.2, -0.15) is 0 Å². The lowest BCUT2D eigenvalue weighted by atomic mass is 10.2. The lowest BCUT2D eigenvalue weighted by Crippen LogP contribution is -2.40. The maximum Gasteiger partial charge on any atom is 0.230 e. The number of imide groups is 1. The van der Waals surface area contributed by atoms with Crippen molar-refractivity contribution in [3.8, 4) is 0 Å². The van der Waals surface area contributed by atoms with E-state index in [1.807, 2.05) is 0 Å². The van der Waals surface area contributed by atoms with Gasteiger partial charge in [0.2, 0.25) is 24.4 Å². The smallest absolute Gasteiger partial charge is 0.230 e. The van der Waals surface area contributed by atoms with Crippen molar-refractivity contribution in [2.45, 2.75) is 25.3 Å². The zero-order valence-electron chi connectivity index (χ0n) is 6.78. The zero-order valence-corrected chi connectivity index (χ0v) is 6.78. The summed E-state index contributed by atoms with van der Waals surface area (Å²) in [5.41, 5.74) is 0. The Balaban J connectivity index is 2.76. The highest BCUT2D eigenvalue weighted by Gasteiger charge is 2.35. The minimum absolute atomic E-state index is 0.107. The van der Waals surface area contributed by atoms with Crippen molar-refractivity contribution < 1.29 is 19.2 Å². The molecule has 1 heterocycles. The first-order chi connectivity index (χ1) is 6.20. The number of rotatable bonds is 4. The van der Waals surface area contributed by atoms with Crippen LogP contribution in [0.15, 0.2) is 0 Å². The molecule has 5 heteroatoms. The monoisotopic (exact) mass is 181 g/mol. The molecule has 68 valence electrons. The maximum absolute atomic E-state index is 11.1. The highest BCUT2D eigenvalue weighted by molar-refractivity contribution is 6.04. The van der Waals surface area contributed by atoms with E-state index in [1.54, 1.807) is 0 Å². The summed E-state index contributed by atoms with van der Waals surface area (Å²) in [5, 5.41) is 0. The van der Waals surface area contributed by atoms with Crippen LogP contribution >= 0.6 is 0 Å². The van der Waals surface area contributed by atoms with E-state index in [9.17, 15) is 19.2 Å². The van der Waals surface area contributed by atoms with Gasteiger partial charge in [-0.15, -0.1) is 0 Å². The van der Waals surface area contributed by atoms with Gasteiger partial charge in [-0.1, -0.05) is 0 Å². The third-order valence-electron chi connectivity index (χ3n) is 1.81. The van der Waals surface area contributed by atoms with Crippen molar-refractivity contribution in [1.82, 2.24) is 4.90 Å². The quantitative estimate of drug-likeness (QED) is 0.527. The van der Waals surface area contributed by atoms with Gasteiger partial charge in [0.25, 0.3) is 0 Å². The molecule has 0 aromatic rings. The van der Waals surface area contributed by atoms with E-state index in [0.29, 0.717) is 0 Å². The fourth-order valence-corrected chi connectivity index (χ4v) is 1.21. The van der Waals surface area contributed by atoms with E-state index >= 15 is 0 Å². The molecule has 0 aliphatic carbocycles. The largest absolute Gasteiger partial charge is 0.291 e. The first-order valence-electron chi connectivity index (χ1n) is 3.78. The molecule has 1 saturated heterocycles. The topological polar surface area (TPSA) is 71.5 Å². The normalized spacial score (nSPS) is 18.9. The molecule has 0 aromatic heterocycles. The molecule has 1 aliphatic rings. The molecule has 0 N–H and O–H groups in total. The zero-order chi connectivity index (χ0) is 9.84. The summed E-state index contributed by atoms with van der Waals surface area (Å²) in [7, 11) is 0. The van der Waals surface area contributed by atoms with Crippen LogP contribution in [0.5, 0.6) is 0 Å². The second kappa shape index (κ2) is 3.93. The predicted molar refractivity (Wildman–Crippen MR) is 40.9 cm³/mol. The molecule has 2 amide bonds. The van der Waals surface area contributed by atoms with Crippen LogP contribution in [0.1, 0.15) is 19.3 Å². The molecule has 0 saturated carbocycles. The highest BCUT2D eigenvalue weighted by Crippen LogP contribution is 2.15. The molecular weight excluding hydrogens is 174 g/mol. The van der Waals surface area contributed by atoms with E-state index in [1.165, 1.54) is 12.6 Å².